The van der Waals surface area contributed by atoms with Crippen LogP contribution in [-0.4, -0.2) is 31.2 Å². The number of nitrogens with one attached hydrogen (secondary N) is 1. The van der Waals surface area contributed by atoms with Gasteiger partial charge in [-0.3, -0.25) is 4.79 Å². The highest BCUT2D eigenvalue weighted by Gasteiger charge is 2.23. The van der Waals surface area contributed by atoms with Crippen LogP contribution in [0.25, 0.3) is 10.9 Å². The van der Waals surface area contributed by atoms with Crippen molar-refractivity contribution in [3.8, 4) is 11.5 Å². The fourth-order valence-electron chi connectivity index (χ4n) is 3.79. The van der Waals surface area contributed by atoms with Crippen molar-refractivity contribution in [1.82, 2.24) is 9.88 Å². The van der Waals surface area contributed by atoms with Gasteiger partial charge in [0.2, 0.25) is 5.91 Å². The third-order valence-corrected chi connectivity index (χ3v) is 5.36. The number of hydrogen-bond acceptors (Lipinski definition) is 3. The first kappa shape index (κ1) is 20.8. The van der Waals surface area contributed by atoms with Crippen molar-refractivity contribution < 1.29 is 14.3 Å². The zero-order valence-electron chi connectivity index (χ0n) is 17.7. The van der Waals surface area contributed by atoms with Crippen LogP contribution in [0.4, 0.5) is 0 Å². The van der Waals surface area contributed by atoms with Gasteiger partial charge in [0.05, 0.1) is 14.2 Å². The van der Waals surface area contributed by atoms with E-state index in [2.05, 4.69) is 35.1 Å². The van der Waals surface area contributed by atoms with Crippen molar-refractivity contribution in [2.45, 2.75) is 32.1 Å². The summed E-state index contributed by atoms with van der Waals surface area (Å²) in [6, 6.07) is 14.2. The quantitative estimate of drug-likeness (QED) is 0.538. The standard InChI is InChI=1S/C24H30N2O3/c1-5-6-13-25-24(27)15-19(17-11-12-22(28-3)23(14-17)29-4)20-16-26(2)21-10-8-7-9-18(20)21/h7-12,14,16,19H,5-6,13,15H2,1-4H3,(H,25,27)/t19-/m1/s1. The molecule has 1 aromatic heterocycles. The van der Waals surface area contributed by atoms with Crippen LogP contribution in [0.15, 0.2) is 48.7 Å². The fourth-order valence-corrected chi connectivity index (χ4v) is 3.79. The summed E-state index contributed by atoms with van der Waals surface area (Å²) >= 11 is 0. The maximum Gasteiger partial charge on any atom is 0.220 e. The van der Waals surface area contributed by atoms with Crippen LogP contribution in [-0.2, 0) is 11.8 Å². The zero-order valence-corrected chi connectivity index (χ0v) is 17.7. The number of amides is 1. The van der Waals surface area contributed by atoms with Gasteiger partial charge in [-0.05, 0) is 35.7 Å². The number of para-hydroxylation sites is 1. The highest BCUT2D eigenvalue weighted by atomic mass is 16.5. The number of aromatic nitrogens is 1. The summed E-state index contributed by atoms with van der Waals surface area (Å²) in [6.45, 7) is 2.83. The van der Waals surface area contributed by atoms with E-state index in [0.29, 0.717) is 24.5 Å². The van der Waals surface area contributed by atoms with E-state index in [1.807, 2.05) is 37.4 Å². The number of nitrogens with zero attached hydrogens (tertiary/aromatic N) is 1. The number of unbranched alkanes of at least 4 members (excludes halogenated alkanes) is 1. The molecule has 3 rings (SSSR count). The van der Waals surface area contributed by atoms with Crippen molar-refractivity contribution in [2.24, 2.45) is 7.05 Å². The second-order valence-corrected chi connectivity index (χ2v) is 7.29. The molecule has 5 nitrogen and oxygen atoms in total. The Hall–Kier alpha value is -2.95. The number of benzene rings is 2. The molecular weight excluding hydrogens is 364 g/mol. The Bertz CT molecular complexity index is 977. The summed E-state index contributed by atoms with van der Waals surface area (Å²) < 4.78 is 13.0. The van der Waals surface area contributed by atoms with Gasteiger partial charge < -0.3 is 19.4 Å². The average molecular weight is 395 g/mol. The molecule has 0 spiro atoms. The third kappa shape index (κ3) is 4.56. The van der Waals surface area contributed by atoms with Gasteiger partial charge in [-0.2, -0.15) is 0 Å². The third-order valence-electron chi connectivity index (χ3n) is 5.36. The minimum atomic E-state index is -0.0810. The molecule has 29 heavy (non-hydrogen) atoms. The fraction of sp³-hybridized carbons (Fsp3) is 0.375. The molecule has 3 aromatic rings. The lowest BCUT2D eigenvalue weighted by Gasteiger charge is -2.19. The lowest BCUT2D eigenvalue weighted by atomic mass is 9.87. The number of aryl methyl sites for hydroxylation is 1. The first-order valence-corrected chi connectivity index (χ1v) is 10.1. The summed E-state index contributed by atoms with van der Waals surface area (Å²) in [5.74, 6) is 1.33. The van der Waals surface area contributed by atoms with E-state index in [4.69, 9.17) is 9.47 Å². The van der Waals surface area contributed by atoms with Crippen LogP contribution >= 0.6 is 0 Å². The van der Waals surface area contributed by atoms with Crippen LogP contribution in [0, 0.1) is 0 Å². The second kappa shape index (κ2) is 9.50. The monoisotopic (exact) mass is 394 g/mol. The average Bonchev–Trinajstić information content (AvgIpc) is 3.08. The molecule has 1 amide bonds. The summed E-state index contributed by atoms with van der Waals surface area (Å²) in [5, 5.41) is 4.22. The summed E-state index contributed by atoms with van der Waals surface area (Å²) in [7, 11) is 5.30. The topological polar surface area (TPSA) is 52.5 Å². The van der Waals surface area contributed by atoms with Crippen molar-refractivity contribution in [3.63, 3.8) is 0 Å². The van der Waals surface area contributed by atoms with E-state index in [1.165, 1.54) is 0 Å². The number of ether oxygens (including phenoxy) is 2. The van der Waals surface area contributed by atoms with Crippen molar-refractivity contribution in [2.75, 3.05) is 20.8 Å². The predicted octanol–water partition coefficient (Wildman–Crippen LogP) is 4.63. The van der Waals surface area contributed by atoms with Gasteiger partial charge in [0.25, 0.3) is 0 Å². The molecule has 5 heteroatoms. The highest BCUT2D eigenvalue weighted by molar-refractivity contribution is 5.86. The van der Waals surface area contributed by atoms with Crippen LogP contribution in [0.3, 0.4) is 0 Å². The Morgan fingerprint density at radius 3 is 2.59 bits per heavy atom. The number of methoxy groups -OCH3 is 2. The molecule has 1 heterocycles. The summed E-state index contributed by atoms with van der Waals surface area (Å²) in [6.07, 6.45) is 4.56. The maximum atomic E-state index is 12.7. The lowest BCUT2D eigenvalue weighted by Crippen LogP contribution is -2.26. The molecule has 154 valence electrons. The molecule has 1 N–H and O–H groups in total. The first-order valence-electron chi connectivity index (χ1n) is 10.1. The molecule has 0 fully saturated rings. The van der Waals surface area contributed by atoms with E-state index < -0.39 is 0 Å². The van der Waals surface area contributed by atoms with Crippen molar-refractivity contribution in [1.29, 1.82) is 0 Å². The largest absolute Gasteiger partial charge is 0.493 e. The van der Waals surface area contributed by atoms with Gasteiger partial charge in [-0.25, -0.2) is 0 Å². The SMILES string of the molecule is CCCCNC(=O)C[C@H](c1ccc(OC)c(OC)c1)c1cn(C)c2ccccc12. The van der Waals surface area contributed by atoms with Gasteiger partial charge in [0, 0.05) is 43.0 Å². The molecule has 0 bridgehead atoms. The number of fused-ring (bicyclic) bond motifs is 1. The zero-order chi connectivity index (χ0) is 20.8. The normalized spacial score (nSPS) is 12.0. The van der Waals surface area contributed by atoms with Gasteiger partial charge in [-0.1, -0.05) is 37.6 Å². The molecule has 0 aliphatic heterocycles. The molecular formula is C24H30N2O3. The minimum Gasteiger partial charge on any atom is -0.493 e. The highest BCUT2D eigenvalue weighted by Crippen LogP contribution is 2.38. The van der Waals surface area contributed by atoms with Crippen molar-refractivity contribution in [3.05, 3.63) is 59.8 Å². The van der Waals surface area contributed by atoms with Crippen LogP contribution < -0.4 is 14.8 Å². The lowest BCUT2D eigenvalue weighted by molar-refractivity contribution is -0.121. The first-order chi connectivity index (χ1) is 14.1. The minimum absolute atomic E-state index is 0.0613. The van der Waals surface area contributed by atoms with Crippen LogP contribution in [0.1, 0.15) is 43.2 Å². The van der Waals surface area contributed by atoms with Gasteiger partial charge in [-0.15, -0.1) is 0 Å². The number of carbonyl (C=O) groups excluding carboxylic acids is 1. The molecule has 2 aromatic carbocycles. The molecule has 0 unspecified atom stereocenters. The number of hydrogen-bond donors (Lipinski definition) is 1. The Morgan fingerprint density at radius 2 is 1.86 bits per heavy atom. The number of rotatable bonds is 9. The molecule has 0 saturated heterocycles. The van der Waals surface area contributed by atoms with E-state index >= 15 is 0 Å². The molecule has 0 saturated carbocycles. The van der Waals surface area contributed by atoms with E-state index in [9.17, 15) is 4.79 Å². The molecule has 0 radical (unpaired) electrons. The Morgan fingerprint density at radius 1 is 1.10 bits per heavy atom. The van der Waals surface area contributed by atoms with E-state index in [1.54, 1.807) is 14.2 Å². The van der Waals surface area contributed by atoms with E-state index in [0.717, 1.165) is 34.9 Å². The van der Waals surface area contributed by atoms with Crippen molar-refractivity contribution >= 4 is 16.8 Å². The summed E-state index contributed by atoms with van der Waals surface area (Å²) in [4.78, 5) is 12.7. The smallest absolute Gasteiger partial charge is 0.220 e. The van der Waals surface area contributed by atoms with Crippen LogP contribution in [0.5, 0.6) is 11.5 Å². The molecule has 0 aliphatic rings. The molecule has 1 atom stereocenters. The van der Waals surface area contributed by atoms with Gasteiger partial charge in [0.15, 0.2) is 11.5 Å². The number of carbonyl (C=O) groups is 1. The van der Waals surface area contributed by atoms with E-state index in [-0.39, 0.29) is 11.8 Å². The second-order valence-electron chi connectivity index (χ2n) is 7.29. The van der Waals surface area contributed by atoms with Gasteiger partial charge in [0.1, 0.15) is 0 Å². The van der Waals surface area contributed by atoms with Gasteiger partial charge >= 0.3 is 0 Å². The summed E-state index contributed by atoms with van der Waals surface area (Å²) in [5.41, 5.74) is 3.32. The molecule has 0 aliphatic carbocycles. The predicted molar refractivity (Wildman–Crippen MR) is 117 cm³/mol. The Labute approximate surface area is 172 Å². The Balaban J connectivity index is 2.03. The Kier molecular flexibility index (Phi) is 6.81. The maximum absolute atomic E-state index is 12.7. The van der Waals surface area contributed by atoms with Crippen LogP contribution in [0.2, 0.25) is 0 Å².